The minimum atomic E-state index is 0.405. The first-order valence-corrected chi connectivity index (χ1v) is 11.5. The van der Waals surface area contributed by atoms with Crippen molar-refractivity contribution in [1.29, 1.82) is 0 Å². The molecule has 146 valence electrons. The number of hydrogen-bond donors (Lipinski definition) is 0. The van der Waals surface area contributed by atoms with Crippen molar-refractivity contribution in [3.05, 3.63) is 28.0 Å². The van der Waals surface area contributed by atoms with Gasteiger partial charge in [0.1, 0.15) is 16.5 Å². The molecule has 0 aromatic carbocycles. The van der Waals surface area contributed by atoms with Crippen LogP contribution in [0.3, 0.4) is 0 Å². The van der Waals surface area contributed by atoms with Gasteiger partial charge in [0.05, 0.1) is 5.39 Å². The second-order valence-electron chi connectivity index (χ2n) is 8.51. The number of nitrogens with zero attached hydrogens (tertiary/aromatic N) is 5. The molecule has 6 rings (SSSR count). The van der Waals surface area contributed by atoms with E-state index in [1.165, 1.54) is 59.2 Å². The van der Waals surface area contributed by atoms with Gasteiger partial charge in [0.15, 0.2) is 5.82 Å². The van der Waals surface area contributed by atoms with Crippen LogP contribution in [0.15, 0.2) is 4.52 Å². The standard InChI is InChI=1S/C21H25N5OS/c1-12-22-19(17-15-4-2-3-5-16(15)28-21(17)23-12)26-10-8-13(9-11-26)18-24-20(27-25-18)14-6-7-14/h13-14H,2-11H2,1H3. The van der Waals surface area contributed by atoms with Crippen LogP contribution in [0.1, 0.15) is 78.3 Å². The maximum Gasteiger partial charge on any atom is 0.229 e. The number of thiophene rings is 1. The van der Waals surface area contributed by atoms with Gasteiger partial charge in [-0.15, -0.1) is 11.3 Å². The van der Waals surface area contributed by atoms with Crippen LogP contribution in [0.4, 0.5) is 5.82 Å². The lowest BCUT2D eigenvalue weighted by Crippen LogP contribution is -2.34. The van der Waals surface area contributed by atoms with Crippen molar-refractivity contribution in [3.63, 3.8) is 0 Å². The van der Waals surface area contributed by atoms with Crippen LogP contribution < -0.4 is 4.90 Å². The molecule has 1 saturated carbocycles. The third kappa shape index (κ3) is 2.82. The predicted octanol–water partition coefficient (Wildman–Crippen LogP) is 4.52. The number of aryl methyl sites for hydroxylation is 3. The highest BCUT2D eigenvalue weighted by Crippen LogP contribution is 2.42. The van der Waals surface area contributed by atoms with Gasteiger partial charge < -0.3 is 9.42 Å². The molecule has 3 aromatic heterocycles. The molecule has 4 heterocycles. The number of piperidine rings is 1. The molecule has 3 aliphatic rings. The van der Waals surface area contributed by atoms with Crippen LogP contribution in [0.5, 0.6) is 0 Å². The molecule has 0 bridgehead atoms. The summed E-state index contributed by atoms with van der Waals surface area (Å²) in [6.07, 6.45) is 9.50. The van der Waals surface area contributed by atoms with E-state index in [0.29, 0.717) is 11.8 Å². The number of rotatable bonds is 3. The first-order valence-electron chi connectivity index (χ1n) is 10.6. The maximum atomic E-state index is 5.48. The Hall–Kier alpha value is -2.02. The first-order chi connectivity index (χ1) is 13.8. The normalized spacial score (nSPS) is 20.7. The van der Waals surface area contributed by atoms with Crippen molar-refractivity contribution >= 4 is 27.4 Å². The lowest BCUT2D eigenvalue weighted by Gasteiger charge is -2.32. The molecule has 2 aliphatic carbocycles. The van der Waals surface area contributed by atoms with E-state index >= 15 is 0 Å². The van der Waals surface area contributed by atoms with Gasteiger partial charge in [-0.3, -0.25) is 0 Å². The average Bonchev–Trinajstić information content (AvgIpc) is 3.33. The zero-order chi connectivity index (χ0) is 18.7. The molecule has 0 N–H and O–H groups in total. The Kier molecular flexibility index (Phi) is 3.93. The summed E-state index contributed by atoms with van der Waals surface area (Å²) in [5, 5.41) is 5.62. The van der Waals surface area contributed by atoms with Crippen molar-refractivity contribution < 1.29 is 4.52 Å². The number of hydrogen-bond acceptors (Lipinski definition) is 7. The molecular formula is C21H25N5OS. The van der Waals surface area contributed by atoms with Gasteiger partial charge >= 0.3 is 0 Å². The van der Waals surface area contributed by atoms with Crippen LogP contribution in [-0.2, 0) is 12.8 Å². The van der Waals surface area contributed by atoms with E-state index in [4.69, 9.17) is 14.5 Å². The minimum Gasteiger partial charge on any atom is -0.356 e. The molecule has 2 fully saturated rings. The molecule has 6 nitrogen and oxygen atoms in total. The minimum absolute atomic E-state index is 0.405. The number of anilines is 1. The van der Waals surface area contributed by atoms with E-state index in [1.807, 2.05) is 18.3 Å². The van der Waals surface area contributed by atoms with Gasteiger partial charge in [-0.25, -0.2) is 9.97 Å². The van der Waals surface area contributed by atoms with Crippen molar-refractivity contribution in [1.82, 2.24) is 20.1 Å². The molecule has 0 atom stereocenters. The number of aromatic nitrogens is 4. The van der Waals surface area contributed by atoms with Gasteiger partial charge in [-0.05, 0) is 63.9 Å². The summed E-state index contributed by atoms with van der Waals surface area (Å²) in [7, 11) is 0. The summed E-state index contributed by atoms with van der Waals surface area (Å²) < 4.78 is 5.48. The monoisotopic (exact) mass is 395 g/mol. The van der Waals surface area contributed by atoms with Gasteiger partial charge in [-0.2, -0.15) is 4.98 Å². The van der Waals surface area contributed by atoms with Crippen LogP contribution in [0.25, 0.3) is 10.2 Å². The highest BCUT2D eigenvalue weighted by atomic mass is 32.1. The van der Waals surface area contributed by atoms with Crippen LogP contribution in [-0.4, -0.2) is 33.2 Å². The lowest BCUT2D eigenvalue weighted by atomic mass is 9.94. The topological polar surface area (TPSA) is 67.9 Å². The van der Waals surface area contributed by atoms with E-state index in [2.05, 4.69) is 15.0 Å². The Bertz CT molecular complexity index is 1030. The van der Waals surface area contributed by atoms with Crippen LogP contribution in [0.2, 0.25) is 0 Å². The quantitative estimate of drug-likeness (QED) is 0.649. The summed E-state index contributed by atoms with van der Waals surface area (Å²) >= 11 is 1.89. The van der Waals surface area contributed by atoms with E-state index < -0.39 is 0 Å². The lowest BCUT2D eigenvalue weighted by molar-refractivity contribution is 0.364. The van der Waals surface area contributed by atoms with Gasteiger partial charge in [0.2, 0.25) is 5.89 Å². The summed E-state index contributed by atoms with van der Waals surface area (Å²) in [6.45, 7) is 4.01. The Morgan fingerprint density at radius 1 is 0.964 bits per heavy atom. The smallest absolute Gasteiger partial charge is 0.229 e. The molecule has 7 heteroatoms. The molecule has 0 spiro atoms. The fourth-order valence-electron chi connectivity index (χ4n) is 4.73. The third-order valence-electron chi connectivity index (χ3n) is 6.45. The third-order valence-corrected chi connectivity index (χ3v) is 7.64. The zero-order valence-electron chi connectivity index (χ0n) is 16.3. The second kappa shape index (κ2) is 6.51. The van der Waals surface area contributed by atoms with Crippen molar-refractivity contribution in [3.8, 4) is 0 Å². The Labute approximate surface area is 168 Å². The molecule has 0 unspecified atom stereocenters. The Morgan fingerprint density at radius 2 is 1.79 bits per heavy atom. The Balaban J connectivity index is 1.27. The highest BCUT2D eigenvalue weighted by molar-refractivity contribution is 7.19. The summed E-state index contributed by atoms with van der Waals surface area (Å²) in [4.78, 5) is 19.6. The summed E-state index contributed by atoms with van der Waals surface area (Å²) in [6, 6.07) is 0. The summed E-state index contributed by atoms with van der Waals surface area (Å²) in [5.74, 6) is 4.75. The largest absolute Gasteiger partial charge is 0.356 e. The fourth-order valence-corrected chi connectivity index (χ4v) is 6.03. The van der Waals surface area contributed by atoms with E-state index in [0.717, 1.165) is 49.3 Å². The SMILES string of the molecule is Cc1nc(N2CCC(c3noc(C4CC4)n3)CC2)c2c3c(sc2n1)CCCC3. The van der Waals surface area contributed by atoms with Crippen molar-refractivity contribution in [2.24, 2.45) is 0 Å². The van der Waals surface area contributed by atoms with E-state index in [9.17, 15) is 0 Å². The van der Waals surface area contributed by atoms with Gasteiger partial charge in [-0.1, -0.05) is 5.16 Å². The predicted molar refractivity (Wildman–Crippen MR) is 109 cm³/mol. The molecule has 0 radical (unpaired) electrons. The zero-order valence-corrected chi connectivity index (χ0v) is 17.1. The summed E-state index contributed by atoms with van der Waals surface area (Å²) in [5.41, 5.74) is 1.52. The second-order valence-corrected chi connectivity index (χ2v) is 9.60. The molecular weight excluding hydrogens is 370 g/mol. The van der Waals surface area contributed by atoms with E-state index in [-0.39, 0.29) is 0 Å². The van der Waals surface area contributed by atoms with Crippen LogP contribution >= 0.6 is 11.3 Å². The highest BCUT2D eigenvalue weighted by Gasteiger charge is 2.32. The Morgan fingerprint density at radius 3 is 2.61 bits per heavy atom. The molecule has 28 heavy (non-hydrogen) atoms. The molecule has 1 saturated heterocycles. The molecule has 3 aromatic rings. The van der Waals surface area contributed by atoms with Crippen molar-refractivity contribution in [2.75, 3.05) is 18.0 Å². The van der Waals surface area contributed by atoms with Gasteiger partial charge in [0, 0.05) is 29.8 Å². The first kappa shape index (κ1) is 16.9. The fraction of sp³-hybridized carbons (Fsp3) is 0.619. The number of fused-ring (bicyclic) bond motifs is 3. The van der Waals surface area contributed by atoms with Crippen LogP contribution in [0, 0.1) is 6.92 Å². The average molecular weight is 396 g/mol. The molecule has 1 aliphatic heterocycles. The molecule has 0 amide bonds. The maximum absolute atomic E-state index is 5.48. The van der Waals surface area contributed by atoms with Gasteiger partial charge in [0.25, 0.3) is 0 Å². The van der Waals surface area contributed by atoms with Crippen molar-refractivity contribution in [2.45, 2.75) is 70.1 Å². The van der Waals surface area contributed by atoms with E-state index in [1.54, 1.807) is 0 Å².